The molecule has 3 aromatic rings. The number of aromatic nitrogens is 1. The molecule has 24 heavy (non-hydrogen) atoms. The van der Waals surface area contributed by atoms with Gasteiger partial charge in [-0.2, -0.15) is 0 Å². The van der Waals surface area contributed by atoms with Crippen molar-refractivity contribution < 1.29 is 9.47 Å². The largest absolute Gasteiger partial charge is 0.489 e. The number of anilines is 1. The van der Waals surface area contributed by atoms with Crippen molar-refractivity contribution in [3.8, 4) is 11.5 Å². The Morgan fingerprint density at radius 3 is 2.08 bits per heavy atom. The summed E-state index contributed by atoms with van der Waals surface area (Å²) in [6, 6.07) is 20.8. The van der Waals surface area contributed by atoms with Gasteiger partial charge in [-0.15, -0.1) is 0 Å². The Balaban J connectivity index is 1.55. The highest BCUT2D eigenvalue weighted by Gasteiger charge is 2.04. The molecule has 3 rings (SSSR count). The van der Waals surface area contributed by atoms with Crippen molar-refractivity contribution in [3.63, 3.8) is 0 Å². The van der Waals surface area contributed by atoms with Gasteiger partial charge < -0.3 is 15.2 Å². The van der Waals surface area contributed by atoms with Crippen molar-refractivity contribution in [2.45, 2.75) is 13.2 Å². The monoisotopic (exact) mass is 340 g/mol. The van der Waals surface area contributed by atoms with Gasteiger partial charge in [-0.05, 0) is 42.0 Å². The van der Waals surface area contributed by atoms with E-state index in [1.54, 1.807) is 12.1 Å². The Kier molecular flexibility index (Phi) is 5.18. The van der Waals surface area contributed by atoms with E-state index in [0.29, 0.717) is 28.9 Å². The smallest absolute Gasteiger partial charge is 0.132 e. The van der Waals surface area contributed by atoms with Crippen LogP contribution in [0.2, 0.25) is 5.02 Å². The van der Waals surface area contributed by atoms with Gasteiger partial charge in [0.1, 0.15) is 30.5 Å². The van der Waals surface area contributed by atoms with E-state index < -0.39 is 0 Å². The maximum atomic E-state index is 6.07. The molecule has 4 nitrogen and oxygen atoms in total. The first-order chi connectivity index (χ1) is 11.7. The quantitative estimate of drug-likeness (QED) is 0.719. The van der Waals surface area contributed by atoms with Crippen LogP contribution in [0, 0.1) is 0 Å². The first kappa shape index (κ1) is 16.1. The Bertz CT molecular complexity index is 792. The van der Waals surface area contributed by atoms with Crippen LogP contribution in [0.25, 0.3) is 0 Å². The lowest BCUT2D eigenvalue weighted by molar-refractivity contribution is 0.295. The molecule has 0 saturated heterocycles. The van der Waals surface area contributed by atoms with Crippen LogP contribution < -0.4 is 15.2 Å². The summed E-state index contributed by atoms with van der Waals surface area (Å²) >= 11 is 6.07. The van der Waals surface area contributed by atoms with E-state index in [1.165, 1.54) is 0 Å². The number of hydrogen-bond acceptors (Lipinski definition) is 4. The molecule has 0 atom stereocenters. The van der Waals surface area contributed by atoms with E-state index >= 15 is 0 Å². The fourth-order valence-electron chi connectivity index (χ4n) is 2.13. The predicted molar refractivity (Wildman–Crippen MR) is 95.2 cm³/mol. The minimum Gasteiger partial charge on any atom is -0.489 e. The average molecular weight is 341 g/mol. The molecule has 5 heteroatoms. The van der Waals surface area contributed by atoms with Crippen LogP contribution in [0.5, 0.6) is 11.5 Å². The van der Waals surface area contributed by atoms with Crippen molar-refractivity contribution in [2.24, 2.45) is 0 Å². The van der Waals surface area contributed by atoms with Crippen molar-refractivity contribution in [1.82, 2.24) is 4.98 Å². The molecule has 0 aliphatic rings. The summed E-state index contributed by atoms with van der Waals surface area (Å²) in [4.78, 5) is 4.16. The summed E-state index contributed by atoms with van der Waals surface area (Å²) in [5, 5.41) is 0.534. The number of nitrogens with two attached hydrogens (primary N) is 1. The highest BCUT2D eigenvalue weighted by Crippen LogP contribution is 2.21. The molecule has 0 saturated carbocycles. The van der Waals surface area contributed by atoms with Gasteiger partial charge in [0, 0.05) is 0 Å². The van der Waals surface area contributed by atoms with E-state index in [2.05, 4.69) is 4.98 Å². The molecule has 2 aromatic carbocycles. The molecule has 0 unspecified atom stereocenters. The maximum Gasteiger partial charge on any atom is 0.132 e. The molecule has 0 amide bonds. The lowest BCUT2D eigenvalue weighted by atomic mass is 10.2. The SMILES string of the molecule is Nc1ccc(Cl)c(COc2ccc(OCc3ccccc3)cc2)n1. The first-order valence-electron chi connectivity index (χ1n) is 7.51. The summed E-state index contributed by atoms with van der Waals surface area (Å²) in [5.74, 6) is 1.91. The number of halogens is 1. The lowest BCUT2D eigenvalue weighted by Gasteiger charge is -2.09. The van der Waals surface area contributed by atoms with Crippen molar-refractivity contribution in [2.75, 3.05) is 5.73 Å². The molecular weight excluding hydrogens is 324 g/mol. The fourth-order valence-corrected chi connectivity index (χ4v) is 2.29. The zero-order valence-corrected chi connectivity index (χ0v) is 13.7. The highest BCUT2D eigenvalue weighted by molar-refractivity contribution is 6.31. The average Bonchev–Trinajstić information content (AvgIpc) is 2.62. The molecular formula is C19H17ClN2O2. The van der Waals surface area contributed by atoms with E-state index in [4.69, 9.17) is 26.8 Å². The number of nitrogen functional groups attached to an aromatic ring is 1. The van der Waals surface area contributed by atoms with Gasteiger partial charge in [-0.3, -0.25) is 0 Å². The van der Waals surface area contributed by atoms with Gasteiger partial charge in [0.2, 0.25) is 0 Å². The molecule has 1 heterocycles. The molecule has 122 valence electrons. The second kappa shape index (κ2) is 7.70. The second-order valence-corrected chi connectivity index (χ2v) is 5.61. The molecule has 0 fully saturated rings. The highest BCUT2D eigenvalue weighted by atomic mass is 35.5. The Morgan fingerprint density at radius 1 is 0.792 bits per heavy atom. The Hall–Kier alpha value is -2.72. The van der Waals surface area contributed by atoms with Crippen molar-refractivity contribution in [1.29, 1.82) is 0 Å². The van der Waals surface area contributed by atoms with Gasteiger partial charge in [-0.1, -0.05) is 41.9 Å². The van der Waals surface area contributed by atoms with Gasteiger partial charge in [-0.25, -0.2) is 4.98 Å². The first-order valence-corrected chi connectivity index (χ1v) is 7.89. The number of nitrogens with zero attached hydrogens (tertiary/aromatic N) is 1. The standard InChI is InChI=1S/C19H17ClN2O2/c20-17-10-11-19(21)22-18(17)13-24-16-8-6-15(7-9-16)23-12-14-4-2-1-3-5-14/h1-11H,12-13H2,(H2,21,22). The van der Waals surface area contributed by atoms with Gasteiger partial charge in [0.15, 0.2) is 0 Å². The summed E-state index contributed by atoms with van der Waals surface area (Å²) < 4.78 is 11.4. The van der Waals surface area contributed by atoms with E-state index in [-0.39, 0.29) is 6.61 Å². The number of hydrogen-bond donors (Lipinski definition) is 1. The Morgan fingerprint density at radius 2 is 1.42 bits per heavy atom. The second-order valence-electron chi connectivity index (χ2n) is 5.20. The van der Waals surface area contributed by atoms with Crippen LogP contribution in [0.3, 0.4) is 0 Å². The predicted octanol–water partition coefficient (Wildman–Crippen LogP) is 4.48. The molecule has 2 N–H and O–H groups in total. The van der Waals surface area contributed by atoms with Crippen molar-refractivity contribution >= 4 is 17.4 Å². The fraction of sp³-hybridized carbons (Fsp3) is 0.105. The van der Waals surface area contributed by atoms with Gasteiger partial charge >= 0.3 is 0 Å². The normalized spacial score (nSPS) is 10.4. The van der Waals surface area contributed by atoms with Crippen LogP contribution >= 0.6 is 11.6 Å². The Labute approximate surface area is 145 Å². The van der Waals surface area contributed by atoms with Crippen LogP contribution in [0.1, 0.15) is 11.3 Å². The number of pyridine rings is 1. The van der Waals surface area contributed by atoms with Gasteiger partial charge in [0.05, 0.1) is 10.7 Å². The summed E-state index contributed by atoms with van der Waals surface area (Å²) in [5.41, 5.74) is 7.39. The van der Waals surface area contributed by atoms with Crippen molar-refractivity contribution in [3.05, 3.63) is 83.0 Å². The van der Waals surface area contributed by atoms with Crippen LogP contribution in [-0.2, 0) is 13.2 Å². The number of rotatable bonds is 6. The topological polar surface area (TPSA) is 57.4 Å². The third kappa shape index (κ3) is 4.40. The summed E-state index contributed by atoms with van der Waals surface area (Å²) in [6.07, 6.45) is 0. The third-order valence-electron chi connectivity index (χ3n) is 3.39. The molecule has 0 radical (unpaired) electrons. The van der Waals surface area contributed by atoms with Gasteiger partial charge in [0.25, 0.3) is 0 Å². The zero-order chi connectivity index (χ0) is 16.8. The molecule has 0 aliphatic heterocycles. The zero-order valence-electron chi connectivity index (χ0n) is 13.0. The summed E-state index contributed by atoms with van der Waals surface area (Å²) in [7, 11) is 0. The van der Waals surface area contributed by atoms with Crippen LogP contribution in [0.4, 0.5) is 5.82 Å². The lowest BCUT2D eigenvalue weighted by Crippen LogP contribution is -2.02. The van der Waals surface area contributed by atoms with E-state index in [9.17, 15) is 0 Å². The van der Waals surface area contributed by atoms with E-state index in [1.807, 2.05) is 54.6 Å². The number of ether oxygens (including phenoxy) is 2. The minimum atomic E-state index is 0.258. The van der Waals surface area contributed by atoms with Crippen LogP contribution in [-0.4, -0.2) is 4.98 Å². The van der Waals surface area contributed by atoms with Crippen LogP contribution in [0.15, 0.2) is 66.7 Å². The van der Waals surface area contributed by atoms with E-state index in [0.717, 1.165) is 11.3 Å². The molecule has 0 bridgehead atoms. The minimum absolute atomic E-state index is 0.258. The maximum absolute atomic E-state index is 6.07. The molecule has 0 spiro atoms. The molecule has 1 aromatic heterocycles. The third-order valence-corrected chi connectivity index (χ3v) is 3.73. The number of benzene rings is 2. The molecule has 0 aliphatic carbocycles. The summed E-state index contributed by atoms with van der Waals surface area (Å²) in [6.45, 7) is 0.790.